The smallest absolute Gasteiger partial charge is 0.416 e. The molecule has 2 aromatic carbocycles. The van der Waals surface area contributed by atoms with Gasteiger partial charge in [0.2, 0.25) is 0 Å². The van der Waals surface area contributed by atoms with Crippen LogP contribution >= 0.6 is 0 Å². The number of benzene rings is 2. The molecule has 2 rings (SSSR count). The third kappa shape index (κ3) is 3.74. The number of hydrogen-bond donors (Lipinski definition) is 2. The van der Waals surface area contributed by atoms with Gasteiger partial charge in [-0.15, -0.1) is 0 Å². The Hall–Kier alpha value is -3.02. The van der Waals surface area contributed by atoms with Gasteiger partial charge in [0.05, 0.1) is 24.0 Å². The van der Waals surface area contributed by atoms with Gasteiger partial charge in [-0.25, -0.2) is 9.69 Å². The molecule has 0 heterocycles. The van der Waals surface area contributed by atoms with Gasteiger partial charge in [-0.3, -0.25) is 4.79 Å². The van der Waals surface area contributed by atoms with Crippen molar-refractivity contribution in [2.45, 2.75) is 26.2 Å². The lowest BCUT2D eigenvalue weighted by Gasteiger charge is -2.27. The summed E-state index contributed by atoms with van der Waals surface area (Å²) in [6.07, 6.45) is -1.19. The molecular weight excluding hydrogens is 320 g/mol. The van der Waals surface area contributed by atoms with Crippen LogP contribution < -0.4 is 15.4 Å². The Balaban J connectivity index is 2.82. The number of amides is 2. The molecule has 0 atom stereocenters. The number of nitrogens with two attached hydrogens (primary N) is 1. The minimum absolute atomic E-state index is 0.131. The van der Waals surface area contributed by atoms with E-state index in [0.29, 0.717) is 5.69 Å². The van der Waals surface area contributed by atoms with Crippen LogP contribution in [0.2, 0.25) is 0 Å². The summed E-state index contributed by atoms with van der Waals surface area (Å²) in [5.74, 6) is -0.547. The normalized spacial score (nSPS) is 11.0. The van der Waals surface area contributed by atoms with Crippen molar-refractivity contribution in [2.75, 3.05) is 12.0 Å². The molecular formula is C19H22N2O4. The maximum absolute atomic E-state index is 12.0. The van der Waals surface area contributed by atoms with E-state index in [9.17, 15) is 14.7 Å². The number of methoxy groups -OCH3 is 1. The van der Waals surface area contributed by atoms with Crippen molar-refractivity contribution in [3.05, 3.63) is 53.6 Å². The molecule has 2 amide bonds. The third-order valence-corrected chi connectivity index (χ3v) is 3.85. The first-order chi connectivity index (χ1) is 11.7. The van der Waals surface area contributed by atoms with E-state index in [1.165, 1.54) is 7.11 Å². The Labute approximate surface area is 146 Å². The fraction of sp³-hybridized carbons (Fsp3) is 0.263. The number of carboxylic acid groups (broad SMARTS) is 1. The molecule has 0 aliphatic rings. The maximum atomic E-state index is 12.0. The SMILES string of the molecule is COc1c(C(N)=O)cc(C(C)(C)C)cc1N(C(=O)O)c1ccccc1. The monoisotopic (exact) mass is 342 g/mol. The average Bonchev–Trinajstić information content (AvgIpc) is 2.54. The van der Waals surface area contributed by atoms with E-state index >= 15 is 0 Å². The Morgan fingerprint density at radius 2 is 1.72 bits per heavy atom. The van der Waals surface area contributed by atoms with Crippen LogP contribution in [0.15, 0.2) is 42.5 Å². The summed E-state index contributed by atoms with van der Waals surface area (Å²) in [4.78, 5) is 25.0. The van der Waals surface area contributed by atoms with Gasteiger partial charge < -0.3 is 15.6 Å². The Morgan fingerprint density at radius 1 is 1.12 bits per heavy atom. The van der Waals surface area contributed by atoms with Gasteiger partial charge in [-0.1, -0.05) is 39.0 Å². The van der Waals surface area contributed by atoms with Gasteiger partial charge in [0.15, 0.2) is 5.75 Å². The summed E-state index contributed by atoms with van der Waals surface area (Å²) >= 11 is 0. The van der Waals surface area contributed by atoms with Crippen molar-refractivity contribution in [2.24, 2.45) is 5.73 Å². The Morgan fingerprint density at radius 3 is 2.16 bits per heavy atom. The number of carbonyl (C=O) groups is 2. The van der Waals surface area contributed by atoms with Gasteiger partial charge in [-0.2, -0.15) is 0 Å². The lowest BCUT2D eigenvalue weighted by atomic mass is 9.85. The lowest BCUT2D eigenvalue weighted by molar-refractivity contribution is 0.0997. The number of anilines is 2. The molecule has 3 N–H and O–H groups in total. The van der Waals surface area contributed by atoms with E-state index in [-0.39, 0.29) is 22.4 Å². The highest BCUT2D eigenvalue weighted by atomic mass is 16.5. The minimum atomic E-state index is -1.19. The number of hydrogen-bond acceptors (Lipinski definition) is 3. The largest absolute Gasteiger partial charge is 0.494 e. The molecule has 2 aromatic rings. The summed E-state index contributed by atoms with van der Waals surface area (Å²) in [5, 5.41) is 9.78. The van der Waals surface area contributed by atoms with Crippen LogP contribution in [0.5, 0.6) is 5.75 Å². The number of ether oxygens (including phenoxy) is 1. The molecule has 0 aromatic heterocycles. The maximum Gasteiger partial charge on any atom is 0.416 e. The quantitative estimate of drug-likeness (QED) is 0.881. The highest BCUT2D eigenvalue weighted by Crippen LogP contribution is 2.40. The fourth-order valence-electron chi connectivity index (χ4n) is 2.54. The summed E-state index contributed by atoms with van der Waals surface area (Å²) in [7, 11) is 1.38. The second-order valence-corrected chi connectivity index (χ2v) is 6.64. The van der Waals surface area contributed by atoms with Gasteiger partial charge in [0, 0.05) is 0 Å². The van der Waals surface area contributed by atoms with E-state index in [1.807, 2.05) is 20.8 Å². The molecule has 0 bridgehead atoms. The van der Waals surface area contributed by atoms with Crippen molar-refractivity contribution in [3.63, 3.8) is 0 Å². The molecule has 0 spiro atoms. The first kappa shape index (κ1) is 18.3. The number of carbonyl (C=O) groups excluding carboxylic acids is 1. The van der Waals surface area contributed by atoms with Crippen molar-refractivity contribution < 1.29 is 19.4 Å². The molecule has 132 valence electrons. The molecule has 0 radical (unpaired) electrons. The molecule has 0 fully saturated rings. The van der Waals surface area contributed by atoms with Crippen LogP contribution in [0.25, 0.3) is 0 Å². The van der Waals surface area contributed by atoms with Crippen LogP contribution in [0, 0.1) is 0 Å². The minimum Gasteiger partial charge on any atom is -0.494 e. The van der Waals surface area contributed by atoms with Crippen LogP contribution in [0.1, 0.15) is 36.7 Å². The lowest BCUT2D eigenvalue weighted by Crippen LogP contribution is -2.26. The zero-order chi connectivity index (χ0) is 18.8. The van der Waals surface area contributed by atoms with Gasteiger partial charge in [-0.05, 0) is 35.2 Å². The molecule has 6 heteroatoms. The average molecular weight is 342 g/mol. The molecule has 0 unspecified atom stereocenters. The van der Waals surface area contributed by atoms with Gasteiger partial charge in [0.1, 0.15) is 0 Å². The number of primary amides is 1. The zero-order valence-corrected chi connectivity index (χ0v) is 14.7. The van der Waals surface area contributed by atoms with Crippen LogP contribution in [-0.4, -0.2) is 24.2 Å². The number of rotatable bonds is 4. The third-order valence-electron chi connectivity index (χ3n) is 3.85. The summed E-state index contributed by atoms with van der Waals surface area (Å²) in [6.45, 7) is 5.91. The van der Waals surface area contributed by atoms with E-state index < -0.39 is 12.0 Å². The molecule has 0 aliphatic carbocycles. The second-order valence-electron chi connectivity index (χ2n) is 6.64. The molecule has 0 saturated heterocycles. The highest BCUT2D eigenvalue weighted by molar-refractivity contribution is 6.03. The number of nitrogens with zero attached hydrogens (tertiary/aromatic N) is 1. The highest BCUT2D eigenvalue weighted by Gasteiger charge is 2.27. The van der Waals surface area contributed by atoms with Crippen molar-refractivity contribution in [3.8, 4) is 5.75 Å². The number of para-hydroxylation sites is 1. The summed E-state index contributed by atoms with van der Waals surface area (Å²) < 4.78 is 5.35. The fourth-order valence-corrected chi connectivity index (χ4v) is 2.54. The second kappa shape index (κ2) is 6.84. The van der Waals surface area contributed by atoms with Gasteiger partial charge >= 0.3 is 6.09 Å². The van der Waals surface area contributed by atoms with Crippen molar-refractivity contribution >= 4 is 23.4 Å². The van der Waals surface area contributed by atoms with E-state index in [0.717, 1.165) is 10.5 Å². The topological polar surface area (TPSA) is 92.9 Å². The van der Waals surface area contributed by atoms with Crippen LogP contribution in [-0.2, 0) is 5.41 Å². The zero-order valence-electron chi connectivity index (χ0n) is 14.7. The molecule has 0 saturated carbocycles. The van der Waals surface area contributed by atoms with Crippen molar-refractivity contribution in [1.29, 1.82) is 0 Å². The van der Waals surface area contributed by atoms with E-state index in [1.54, 1.807) is 42.5 Å². The molecule has 25 heavy (non-hydrogen) atoms. The standard InChI is InChI=1S/C19H22N2O4/c1-19(2,3)12-10-14(17(20)22)16(25-4)15(11-12)21(18(23)24)13-8-6-5-7-9-13/h5-11H,1-4H3,(H2,20,22)(H,23,24). The Kier molecular flexibility index (Phi) is 5.02. The van der Waals surface area contributed by atoms with E-state index in [2.05, 4.69) is 0 Å². The summed E-state index contributed by atoms with van der Waals surface area (Å²) in [6, 6.07) is 12.0. The Bertz CT molecular complexity index is 795. The first-order valence-electron chi connectivity index (χ1n) is 7.77. The molecule has 6 nitrogen and oxygen atoms in total. The van der Waals surface area contributed by atoms with Crippen LogP contribution in [0.3, 0.4) is 0 Å². The molecule has 0 aliphatic heterocycles. The summed E-state index contributed by atoms with van der Waals surface area (Å²) in [5.41, 5.74) is 6.80. The van der Waals surface area contributed by atoms with E-state index in [4.69, 9.17) is 10.5 Å². The van der Waals surface area contributed by atoms with Crippen LogP contribution in [0.4, 0.5) is 16.2 Å². The van der Waals surface area contributed by atoms with Crippen molar-refractivity contribution in [1.82, 2.24) is 0 Å². The predicted octanol–water partition coefficient (Wildman–Crippen LogP) is 3.91. The van der Waals surface area contributed by atoms with Gasteiger partial charge in [0.25, 0.3) is 5.91 Å². The predicted molar refractivity (Wildman–Crippen MR) is 96.8 cm³/mol. The first-order valence-corrected chi connectivity index (χ1v) is 7.77.